The van der Waals surface area contributed by atoms with Crippen molar-refractivity contribution in [3.05, 3.63) is 52.0 Å². The van der Waals surface area contributed by atoms with E-state index in [0.29, 0.717) is 30.3 Å². The van der Waals surface area contributed by atoms with Gasteiger partial charge in [0.2, 0.25) is 0 Å². The van der Waals surface area contributed by atoms with Gasteiger partial charge in [0.1, 0.15) is 19.0 Å². The van der Waals surface area contributed by atoms with E-state index in [1.54, 1.807) is 31.5 Å². The second-order valence-corrected chi connectivity index (χ2v) is 5.81. The van der Waals surface area contributed by atoms with Crippen molar-refractivity contribution in [1.29, 1.82) is 0 Å². The maximum Gasteiger partial charge on any atom is 0.271 e. The first-order valence-electron chi connectivity index (χ1n) is 7.24. The van der Waals surface area contributed by atoms with E-state index in [4.69, 9.17) is 14.2 Å². The molecule has 7 heteroatoms. The molecule has 0 aromatic heterocycles. The Morgan fingerprint density at radius 1 is 1.21 bits per heavy atom. The lowest BCUT2D eigenvalue weighted by molar-refractivity contribution is 0.0954. The first-order valence-corrected chi connectivity index (χ1v) is 8.03. The monoisotopic (exact) mass is 390 g/mol. The average molecular weight is 391 g/mol. The van der Waals surface area contributed by atoms with Gasteiger partial charge >= 0.3 is 0 Å². The molecule has 1 aliphatic heterocycles. The third-order valence-electron chi connectivity index (χ3n) is 3.36. The predicted octanol–water partition coefficient (Wildman–Crippen LogP) is 2.99. The number of ether oxygens (including phenoxy) is 3. The fraction of sp³-hybridized carbons (Fsp3) is 0.176. The summed E-state index contributed by atoms with van der Waals surface area (Å²) in [6.45, 7) is 0.989. The van der Waals surface area contributed by atoms with Crippen molar-refractivity contribution in [2.75, 3.05) is 20.3 Å². The molecule has 0 aliphatic carbocycles. The summed E-state index contributed by atoms with van der Waals surface area (Å²) in [4.78, 5) is 12.1. The normalized spacial score (nSPS) is 12.9. The highest BCUT2D eigenvalue weighted by Gasteiger charge is 2.14. The molecule has 6 nitrogen and oxygen atoms in total. The summed E-state index contributed by atoms with van der Waals surface area (Å²) >= 11 is 3.40. The van der Waals surface area contributed by atoms with Crippen LogP contribution in [-0.4, -0.2) is 32.4 Å². The second-order valence-electron chi connectivity index (χ2n) is 4.95. The van der Waals surface area contributed by atoms with Crippen molar-refractivity contribution in [2.45, 2.75) is 0 Å². The van der Waals surface area contributed by atoms with E-state index >= 15 is 0 Å². The zero-order chi connectivity index (χ0) is 16.9. The van der Waals surface area contributed by atoms with E-state index in [1.807, 2.05) is 18.2 Å². The van der Waals surface area contributed by atoms with Gasteiger partial charge in [-0.05, 0) is 57.9 Å². The van der Waals surface area contributed by atoms with Crippen LogP contribution < -0.4 is 19.6 Å². The number of fused-ring (bicyclic) bond motifs is 1. The predicted molar refractivity (Wildman–Crippen MR) is 93.2 cm³/mol. The van der Waals surface area contributed by atoms with Crippen molar-refractivity contribution in [3.63, 3.8) is 0 Å². The Morgan fingerprint density at radius 3 is 2.75 bits per heavy atom. The molecule has 0 spiro atoms. The number of hydrogen-bond acceptors (Lipinski definition) is 5. The maximum atomic E-state index is 12.1. The number of nitrogens with zero attached hydrogens (tertiary/aromatic N) is 1. The smallest absolute Gasteiger partial charge is 0.271 e. The second kappa shape index (κ2) is 7.35. The van der Waals surface area contributed by atoms with Gasteiger partial charge in [0.05, 0.1) is 17.8 Å². The summed E-state index contributed by atoms with van der Waals surface area (Å²) in [5.74, 6) is 1.62. The van der Waals surface area contributed by atoms with E-state index < -0.39 is 0 Å². The molecule has 1 amide bonds. The minimum Gasteiger partial charge on any atom is -0.496 e. The number of hydrazone groups is 1. The highest BCUT2D eigenvalue weighted by molar-refractivity contribution is 9.10. The summed E-state index contributed by atoms with van der Waals surface area (Å²) in [6, 6.07) is 10.5. The van der Waals surface area contributed by atoms with Crippen LogP contribution in [0.15, 0.2) is 46.0 Å². The fourth-order valence-corrected chi connectivity index (χ4v) is 2.74. The van der Waals surface area contributed by atoms with E-state index in [0.717, 1.165) is 15.8 Å². The van der Waals surface area contributed by atoms with Crippen molar-refractivity contribution in [3.8, 4) is 17.2 Å². The lowest BCUT2D eigenvalue weighted by atomic mass is 10.2. The van der Waals surface area contributed by atoms with Gasteiger partial charge in [-0.15, -0.1) is 0 Å². The van der Waals surface area contributed by atoms with Crippen LogP contribution in [0.3, 0.4) is 0 Å². The van der Waals surface area contributed by atoms with Crippen molar-refractivity contribution in [2.24, 2.45) is 5.10 Å². The van der Waals surface area contributed by atoms with Gasteiger partial charge in [-0.1, -0.05) is 0 Å². The molecule has 3 rings (SSSR count). The van der Waals surface area contributed by atoms with Crippen molar-refractivity contribution >= 4 is 28.1 Å². The first-order chi connectivity index (χ1) is 11.7. The van der Waals surface area contributed by atoms with Crippen LogP contribution in [0.2, 0.25) is 0 Å². The summed E-state index contributed by atoms with van der Waals surface area (Å²) in [5, 5.41) is 3.97. The molecule has 1 heterocycles. The number of methoxy groups -OCH3 is 1. The molecule has 124 valence electrons. The standard InChI is InChI=1S/C17H15BrN2O4/c1-22-14-4-2-11(8-13(14)18)10-19-20-17(21)12-3-5-15-16(9-12)24-7-6-23-15/h2-5,8-10H,6-7H2,1H3,(H,20,21)/b19-10+. The molecule has 24 heavy (non-hydrogen) atoms. The highest BCUT2D eigenvalue weighted by atomic mass is 79.9. The van der Waals surface area contributed by atoms with Crippen LogP contribution in [0.25, 0.3) is 0 Å². The zero-order valence-electron chi connectivity index (χ0n) is 12.9. The largest absolute Gasteiger partial charge is 0.496 e. The topological polar surface area (TPSA) is 69.2 Å². The zero-order valence-corrected chi connectivity index (χ0v) is 14.5. The van der Waals surface area contributed by atoms with Gasteiger partial charge in [-0.25, -0.2) is 5.43 Å². The summed E-state index contributed by atoms with van der Waals surface area (Å²) < 4.78 is 16.9. The molecule has 0 unspecified atom stereocenters. The third kappa shape index (κ3) is 3.68. The van der Waals surface area contributed by atoms with E-state index in [9.17, 15) is 4.79 Å². The molecule has 2 aromatic carbocycles. The Kier molecular flexibility index (Phi) is 5.00. The molecule has 1 aliphatic rings. The van der Waals surface area contributed by atoms with Gasteiger partial charge in [0, 0.05) is 5.56 Å². The van der Waals surface area contributed by atoms with Gasteiger partial charge in [0.15, 0.2) is 11.5 Å². The lowest BCUT2D eigenvalue weighted by Gasteiger charge is -2.18. The van der Waals surface area contributed by atoms with Crippen LogP contribution in [0.5, 0.6) is 17.2 Å². The molecular formula is C17H15BrN2O4. The fourth-order valence-electron chi connectivity index (χ4n) is 2.18. The van der Waals surface area contributed by atoms with Crippen molar-refractivity contribution < 1.29 is 19.0 Å². The number of halogens is 1. The number of hydrogen-bond donors (Lipinski definition) is 1. The number of nitrogens with one attached hydrogen (secondary N) is 1. The van der Waals surface area contributed by atoms with E-state index in [2.05, 4.69) is 26.5 Å². The number of carbonyl (C=O) groups is 1. The van der Waals surface area contributed by atoms with Crippen molar-refractivity contribution in [1.82, 2.24) is 5.43 Å². The number of amides is 1. The Morgan fingerprint density at radius 2 is 2.00 bits per heavy atom. The summed E-state index contributed by atoms with van der Waals surface area (Å²) in [7, 11) is 1.60. The Balaban J connectivity index is 1.66. The maximum absolute atomic E-state index is 12.1. The Hall–Kier alpha value is -2.54. The van der Waals surface area contributed by atoms with E-state index in [-0.39, 0.29) is 5.91 Å². The minimum atomic E-state index is -0.323. The highest BCUT2D eigenvalue weighted by Crippen LogP contribution is 2.30. The van der Waals surface area contributed by atoms with Gasteiger partial charge < -0.3 is 14.2 Å². The molecule has 0 saturated carbocycles. The number of carbonyl (C=O) groups excluding carboxylic acids is 1. The third-order valence-corrected chi connectivity index (χ3v) is 3.98. The van der Waals surface area contributed by atoms with Crippen LogP contribution in [0.4, 0.5) is 0 Å². The Labute approximate surface area is 147 Å². The van der Waals surface area contributed by atoms with Crippen LogP contribution >= 0.6 is 15.9 Å². The van der Waals surface area contributed by atoms with Crippen LogP contribution in [-0.2, 0) is 0 Å². The number of benzene rings is 2. The average Bonchev–Trinajstić information content (AvgIpc) is 2.61. The summed E-state index contributed by atoms with van der Waals surface area (Å²) in [5.41, 5.74) is 3.77. The molecule has 0 radical (unpaired) electrons. The SMILES string of the molecule is COc1ccc(/C=N/NC(=O)c2ccc3c(c2)OCCO3)cc1Br. The van der Waals surface area contributed by atoms with Gasteiger partial charge in [0.25, 0.3) is 5.91 Å². The van der Waals surface area contributed by atoms with E-state index in [1.165, 1.54) is 0 Å². The van der Waals surface area contributed by atoms with Crippen LogP contribution in [0.1, 0.15) is 15.9 Å². The molecule has 2 aromatic rings. The molecule has 0 fully saturated rings. The first kappa shape index (κ1) is 16.3. The number of rotatable bonds is 4. The quantitative estimate of drug-likeness (QED) is 0.643. The molecule has 0 saturated heterocycles. The minimum absolute atomic E-state index is 0.323. The van der Waals surface area contributed by atoms with Crippen LogP contribution in [0, 0.1) is 0 Å². The molecule has 1 N–H and O–H groups in total. The van der Waals surface area contributed by atoms with Gasteiger partial charge in [-0.2, -0.15) is 5.10 Å². The molecule has 0 atom stereocenters. The molecule has 0 bridgehead atoms. The molecular weight excluding hydrogens is 376 g/mol. The Bertz CT molecular complexity index is 792. The summed E-state index contributed by atoms with van der Waals surface area (Å²) in [6.07, 6.45) is 1.56. The van der Waals surface area contributed by atoms with Gasteiger partial charge in [-0.3, -0.25) is 4.79 Å². The lowest BCUT2D eigenvalue weighted by Crippen LogP contribution is -2.19.